The molecule has 7 rings (SSSR count). The molecule has 1 fully saturated rings. The number of hydrogen-bond acceptors (Lipinski definition) is 6. The molecule has 4 heterocycles. The number of alkyl halides is 1. The lowest BCUT2D eigenvalue weighted by molar-refractivity contribution is 0.0725. The third-order valence-electron chi connectivity index (χ3n) is 8.31. The Bertz CT molecular complexity index is 1740. The summed E-state index contributed by atoms with van der Waals surface area (Å²) in [5.74, 6) is 2.21. The molecule has 0 unspecified atom stereocenters. The Morgan fingerprint density at radius 1 is 1.24 bits per heavy atom. The van der Waals surface area contributed by atoms with Crippen molar-refractivity contribution in [2.24, 2.45) is 18.7 Å². The molecular weight excluding hydrogens is 523 g/mol. The monoisotopic (exact) mass is 556 g/mol. The number of benzene rings is 2. The summed E-state index contributed by atoms with van der Waals surface area (Å²) in [5, 5.41) is 4.88. The van der Waals surface area contributed by atoms with Gasteiger partial charge in [-0.15, -0.1) is 0 Å². The predicted octanol–water partition coefficient (Wildman–Crippen LogP) is 4.51. The van der Waals surface area contributed by atoms with Crippen LogP contribution in [0.5, 0.6) is 5.75 Å². The van der Waals surface area contributed by atoms with E-state index in [0.29, 0.717) is 37.5 Å². The Balaban J connectivity index is 1.27. The van der Waals surface area contributed by atoms with Crippen LogP contribution in [0.4, 0.5) is 4.39 Å². The van der Waals surface area contributed by atoms with E-state index >= 15 is 0 Å². The molecule has 10 heteroatoms. The highest BCUT2D eigenvalue weighted by Gasteiger charge is 2.29. The molecule has 1 atom stereocenters. The summed E-state index contributed by atoms with van der Waals surface area (Å²) < 4.78 is 28.8. The zero-order chi connectivity index (χ0) is 28.1. The van der Waals surface area contributed by atoms with E-state index in [1.54, 1.807) is 17.4 Å². The van der Waals surface area contributed by atoms with Crippen LogP contribution in [0.3, 0.4) is 0 Å². The van der Waals surface area contributed by atoms with Gasteiger partial charge in [0.25, 0.3) is 5.91 Å². The van der Waals surface area contributed by atoms with Crippen molar-refractivity contribution in [2.75, 3.05) is 26.4 Å². The molecule has 2 aromatic carbocycles. The summed E-state index contributed by atoms with van der Waals surface area (Å²) in [6.45, 7) is 1.51. The number of rotatable bonds is 10. The van der Waals surface area contributed by atoms with E-state index in [1.807, 2.05) is 25.2 Å². The second-order valence-corrected chi connectivity index (χ2v) is 11.3. The second-order valence-electron chi connectivity index (χ2n) is 11.3. The van der Waals surface area contributed by atoms with Crippen molar-refractivity contribution < 1.29 is 18.4 Å². The number of halogens is 1. The summed E-state index contributed by atoms with van der Waals surface area (Å²) in [5.41, 5.74) is 12.3. The molecule has 1 aliphatic carbocycles. The van der Waals surface area contributed by atoms with Crippen molar-refractivity contribution in [2.45, 2.75) is 38.3 Å². The van der Waals surface area contributed by atoms with Gasteiger partial charge in [-0.1, -0.05) is 17.3 Å². The molecule has 9 nitrogen and oxygen atoms in total. The third kappa shape index (κ3) is 4.76. The van der Waals surface area contributed by atoms with E-state index in [0.717, 1.165) is 56.9 Å². The Morgan fingerprint density at radius 2 is 2.12 bits per heavy atom. The molecule has 1 saturated carbocycles. The number of nitrogens with two attached hydrogens (primary N) is 1. The van der Waals surface area contributed by atoms with Crippen molar-refractivity contribution >= 4 is 27.8 Å². The molecule has 0 bridgehead atoms. The number of para-hydroxylation sites is 1. The van der Waals surface area contributed by atoms with Gasteiger partial charge in [-0.25, -0.2) is 9.37 Å². The number of amides is 1. The minimum Gasteiger partial charge on any atom is -0.491 e. The fourth-order valence-electron chi connectivity index (χ4n) is 5.92. The summed E-state index contributed by atoms with van der Waals surface area (Å²) in [6.07, 6.45) is 7.21. The first kappa shape index (κ1) is 25.8. The summed E-state index contributed by atoms with van der Waals surface area (Å²) in [4.78, 5) is 20.0. The minimum absolute atomic E-state index is 0.111. The zero-order valence-electron chi connectivity index (χ0n) is 23.1. The van der Waals surface area contributed by atoms with Crippen LogP contribution in [0, 0.1) is 5.92 Å². The summed E-state index contributed by atoms with van der Waals surface area (Å²) in [7, 11) is 2.03. The SMILES string of the molecule is Cn1c(-c2cc3cccc(OCCc4cnoc4)c3n2CC2CC2)nc2cc3c(cc21)CCN(C[C@H](N)CF)C3=O. The number of fused-ring (bicyclic) bond motifs is 3. The summed E-state index contributed by atoms with van der Waals surface area (Å²) >= 11 is 0. The average Bonchev–Trinajstić information content (AvgIpc) is 3.35. The maximum Gasteiger partial charge on any atom is 0.254 e. The van der Waals surface area contributed by atoms with Gasteiger partial charge in [0, 0.05) is 49.6 Å². The predicted molar refractivity (Wildman–Crippen MR) is 154 cm³/mol. The van der Waals surface area contributed by atoms with Gasteiger partial charge in [-0.05, 0) is 55.0 Å². The topological polar surface area (TPSA) is 104 Å². The van der Waals surface area contributed by atoms with Gasteiger partial charge in [-0.3, -0.25) is 4.79 Å². The van der Waals surface area contributed by atoms with Crippen LogP contribution in [0.15, 0.2) is 53.4 Å². The third-order valence-corrected chi connectivity index (χ3v) is 8.31. The van der Waals surface area contributed by atoms with E-state index in [2.05, 4.69) is 32.5 Å². The Labute approximate surface area is 236 Å². The quantitative estimate of drug-likeness (QED) is 0.272. The van der Waals surface area contributed by atoms with Crippen LogP contribution in [0.2, 0.25) is 0 Å². The lowest BCUT2D eigenvalue weighted by Gasteiger charge is -2.30. The van der Waals surface area contributed by atoms with Crippen molar-refractivity contribution in [3.05, 3.63) is 65.5 Å². The molecule has 1 aliphatic heterocycles. The first-order chi connectivity index (χ1) is 20.0. The highest BCUT2D eigenvalue weighted by atomic mass is 19.1. The summed E-state index contributed by atoms with van der Waals surface area (Å²) in [6, 6.07) is 11.7. The maximum atomic E-state index is 13.3. The smallest absolute Gasteiger partial charge is 0.254 e. The number of aromatic nitrogens is 4. The largest absolute Gasteiger partial charge is 0.491 e. The fourth-order valence-corrected chi connectivity index (χ4v) is 5.92. The van der Waals surface area contributed by atoms with Crippen molar-refractivity contribution in [3.63, 3.8) is 0 Å². The molecule has 2 aliphatic rings. The van der Waals surface area contributed by atoms with Crippen LogP contribution in [-0.4, -0.2) is 62.5 Å². The maximum absolute atomic E-state index is 13.3. The van der Waals surface area contributed by atoms with Gasteiger partial charge in [-0.2, -0.15) is 0 Å². The molecule has 1 amide bonds. The van der Waals surface area contributed by atoms with Crippen LogP contribution in [0.1, 0.15) is 34.3 Å². The van der Waals surface area contributed by atoms with Crippen molar-refractivity contribution in [1.29, 1.82) is 0 Å². The van der Waals surface area contributed by atoms with Gasteiger partial charge in [0.05, 0.1) is 41.1 Å². The van der Waals surface area contributed by atoms with Crippen molar-refractivity contribution in [1.82, 2.24) is 24.2 Å². The molecule has 212 valence electrons. The molecular formula is C31H33FN6O3. The van der Waals surface area contributed by atoms with E-state index in [1.165, 1.54) is 12.8 Å². The first-order valence-corrected chi connectivity index (χ1v) is 14.2. The fraction of sp³-hybridized carbons (Fsp3) is 0.387. The van der Waals surface area contributed by atoms with Gasteiger partial charge in [0.1, 0.15) is 18.7 Å². The molecule has 2 N–H and O–H groups in total. The molecule has 41 heavy (non-hydrogen) atoms. The Hall–Kier alpha value is -4.18. The number of aryl methyl sites for hydroxylation is 1. The zero-order valence-corrected chi connectivity index (χ0v) is 23.1. The molecule has 0 radical (unpaired) electrons. The van der Waals surface area contributed by atoms with E-state index in [9.17, 15) is 9.18 Å². The second kappa shape index (κ2) is 10.3. The molecule has 5 aromatic rings. The first-order valence-electron chi connectivity index (χ1n) is 14.2. The van der Waals surface area contributed by atoms with Crippen molar-refractivity contribution in [3.8, 4) is 17.3 Å². The molecule has 0 spiro atoms. The van der Waals surface area contributed by atoms with Crippen LogP contribution < -0.4 is 10.5 Å². The van der Waals surface area contributed by atoms with E-state index < -0.39 is 12.7 Å². The Kier molecular flexibility index (Phi) is 6.50. The number of ether oxygens (including phenoxy) is 1. The number of imidazole rings is 1. The number of carbonyl (C=O) groups excluding carboxylic acids is 1. The van der Waals surface area contributed by atoms with E-state index in [-0.39, 0.29) is 12.5 Å². The van der Waals surface area contributed by atoms with Gasteiger partial charge >= 0.3 is 0 Å². The average molecular weight is 557 g/mol. The van der Waals surface area contributed by atoms with Crippen LogP contribution in [0.25, 0.3) is 33.5 Å². The van der Waals surface area contributed by atoms with Gasteiger partial charge < -0.3 is 29.0 Å². The number of nitrogens with zero attached hydrogens (tertiary/aromatic N) is 5. The molecule has 0 saturated heterocycles. The van der Waals surface area contributed by atoms with Crippen LogP contribution >= 0.6 is 0 Å². The van der Waals surface area contributed by atoms with E-state index in [4.69, 9.17) is 20.0 Å². The standard InChI is InChI=1S/C31H33FN6O3/c1-36-26-11-21-7-9-37(17-23(33)14-32)31(39)24(21)13-25(26)35-30(36)27-12-22-3-2-4-28(29(22)38(27)16-19-5-6-19)40-10-8-20-15-34-41-18-20/h2-4,11-13,15,18-19,23H,5-10,14,16-17,33H2,1H3/t23-/m1/s1. The lowest BCUT2D eigenvalue weighted by Crippen LogP contribution is -2.45. The van der Waals surface area contributed by atoms with Gasteiger partial charge in [0.15, 0.2) is 5.82 Å². The van der Waals surface area contributed by atoms with Crippen LogP contribution in [-0.2, 0) is 26.4 Å². The lowest BCUT2D eigenvalue weighted by atomic mass is 9.97. The Morgan fingerprint density at radius 3 is 2.90 bits per heavy atom. The number of carbonyl (C=O) groups is 1. The highest BCUT2D eigenvalue weighted by Crippen LogP contribution is 2.39. The molecule has 3 aromatic heterocycles. The normalized spacial score (nSPS) is 16.1. The highest BCUT2D eigenvalue weighted by molar-refractivity contribution is 6.01. The number of hydrogen-bond donors (Lipinski definition) is 1. The minimum atomic E-state index is -0.671. The van der Waals surface area contributed by atoms with Gasteiger partial charge in [0.2, 0.25) is 0 Å².